The molecule has 0 aliphatic rings. The van der Waals surface area contributed by atoms with Gasteiger partial charge in [-0.25, -0.2) is 8.42 Å². The zero-order valence-electron chi connectivity index (χ0n) is 13.1. The number of nitrogens with zero attached hydrogens (tertiary/aromatic N) is 1. The van der Waals surface area contributed by atoms with E-state index in [1.54, 1.807) is 7.11 Å². The Kier molecular flexibility index (Phi) is 7.31. The Morgan fingerprint density at radius 3 is 2.24 bits per heavy atom. The standard InChI is InChI=1S/C15H26N2O3S/c1-13(2)11-17(8-9-20-3)21(18,19)12-15-6-4-14(10-16)5-7-15/h4-7,13H,8-12,16H2,1-3H3. The molecule has 0 unspecified atom stereocenters. The summed E-state index contributed by atoms with van der Waals surface area (Å²) in [5.74, 6) is 0.283. The molecule has 0 saturated carbocycles. The molecule has 0 amide bonds. The number of methoxy groups -OCH3 is 1. The fourth-order valence-electron chi connectivity index (χ4n) is 2.02. The van der Waals surface area contributed by atoms with Gasteiger partial charge in [0.2, 0.25) is 10.0 Å². The van der Waals surface area contributed by atoms with Crippen LogP contribution in [0.25, 0.3) is 0 Å². The number of ether oxygens (including phenoxy) is 1. The van der Waals surface area contributed by atoms with Crippen LogP contribution in [0.4, 0.5) is 0 Å². The van der Waals surface area contributed by atoms with Gasteiger partial charge in [0, 0.05) is 26.7 Å². The van der Waals surface area contributed by atoms with Crippen LogP contribution in [0.1, 0.15) is 25.0 Å². The lowest BCUT2D eigenvalue weighted by Crippen LogP contribution is -2.37. The Labute approximate surface area is 128 Å². The molecule has 0 aromatic heterocycles. The molecule has 6 heteroatoms. The lowest BCUT2D eigenvalue weighted by molar-refractivity contribution is 0.175. The second-order valence-corrected chi connectivity index (χ2v) is 7.49. The van der Waals surface area contributed by atoms with Gasteiger partial charge in [0.1, 0.15) is 0 Å². The van der Waals surface area contributed by atoms with E-state index in [4.69, 9.17) is 10.5 Å². The van der Waals surface area contributed by atoms with E-state index in [0.29, 0.717) is 26.2 Å². The van der Waals surface area contributed by atoms with E-state index in [2.05, 4.69) is 0 Å². The minimum absolute atomic E-state index is 0.00822. The van der Waals surface area contributed by atoms with E-state index in [9.17, 15) is 8.42 Å². The van der Waals surface area contributed by atoms with Crippen LogP contribution in [0.3, 0.4) is 0 Å². The zero-order valence-corrected chi connectivity index (χ0v) is 13.9. The Bertz CT molecular complexity index is 512. The smallest absolute Gasteiger partial charge is 0.218 e. The first kappa shape index (κ1) is 18.1. The molecule has 2 N–H and O–H groups in total. The first-order chi connectivity index (χ1) is 9.89. The molecule has 0 bridgehead atoms. The van der Waals surface area contributed by atoms with Crippen molar-refractivity contribution >= 4 is 10.0 Å². The second-order valence-electron chi connectivity index (χ2n) is 5.52. The van der Waals surface area contributed by atoms with E-state index in [-0.39, 0.29) is 11.7 Å². The third-order valence-electron chi connectivity index (χ3n) is 3.11. The number of benzene rings is 1. The largest absolute Gasteiger partial charge is 0.383 e. The summed E-state index contributed by atoms with van der Waals surface area (Å²) in [6.07, 6.45) is 0. The molecule has 1 rings (SSSR count). The maximum Gasteiger partial charge on any atom is 0.218 e. The highest BCUT2D eigenvalue weighted by molar-refractivity contribution is 7.88. The van der Waals surface area contributed by atoms with E-state index < -0.39 is 10.0 Å². The highest BCUT2D eigenvalue weighted by atomic mass is 32.2. The summed E-state index contributed by atoms with van der Waals surface area (Å²) in [7, 11) is -1.77. The molecule has 21 heavy (non-hydrogen) atoms. The van der Waals surface area contributed by atoms with Crippen molar-refractivity contribution in [1.29, 1.82) is 0 Å². The Balaban J connectivity index is 2.83. The summed E-state index contributed by atoms with van der Waals surface area (Å²) in [5.41, 5.74) is 7.32. The number of hydrogen-bond donors (Lipinski definition) is 1. The minimum Gasteiger partial charge on any atom is -0.383 e. The maximum atomic E-state index is 12.5. The summed E-state index contributed by atoms with van der Waals surface area (Å²) in [5, 5.41) is 0. The lowest BCUT2D eigenvalue weighted by atomic mass is 10.1. The number of nitrogens with two attached hydrogens (primary N) is 1. The van der Waals surface area contributed by atoms with Crippen LogP contribution in [-0.2, 0) is 27.1 Å². The molecule has 0 aliphatic carbocycles. The Hall–Kier alpha value is -0.950. The maximum absolute atomic E-state index is 12.5. The van der Waals surface area contributed by atoms with Gasteiger partial charge in [0.15, 0.2) is 0 Å². The van der Waals surface area contributed by atoms with Gasteiger partial charge in [-0.2, -0.15) is 4.31 Å². The molecule has 1 aromatic rings. The molecule has 0 fully saturated rings. The van der Waals surface area contributed by atoms with Crippen LogP contribution in [0.5, 0.6) is 0 Å². The molecule has 0 spiro atoms. The minimum atomic E-state index is -3.34. The molecule has 120 valence electrons. The SMILES string of the molecule is COCCN(CC(C)C)S(=O)(=O)Cc1ccc(CN)cc1. The quantitative estimate of drug-likeness (QED) is 0.751. The predicted molar refractivity (Wildman–Crippen MR) is 85.2 cm³/mol. The number of sulfonamides is 1. The van der Waals surface area contributed by atoms with Gasteiger partial charge in [-0.1, -0.05) is 38.1 Å². The fourth-order valence-corrected chi connectivity index (χ4v) is 3.69. The van der Waals surface area contributed by atoms with Gasteiger partial charge >= 0.3 is 0 Å². The van der Waals surface area contributed by atoms with Crippen molar-refractivity contribution in [2.24, 2.45) is 11.7 Å². The average Bonchev–Trinajstić information content (AvgIpc) is 2.43. The van der Waals surface area contributed by atoms with Crippen LogP contribution in [0, 0.1) is 5.92 Å². The van der Waals surface area contributed by atoms with E-state index >= 15 is 0 Å². The van der Waals surface area contributed by atoms with Crippen LogP contribution >= 0.6 is 0 Å². The van der Waals surface area contributed by atoms with Crippen molar-refractivity contribution in [3.8, 4) is 0 Å². The summed E-state index contributed by atoms with van der Waals surface area (Å²) in [6.45, 7) is 5.76. The van der Waals surface area contributed by atoms with E-state index in [1.807, 2.05) is 38.1 Å². The van der Waals surface area contributed by atoms with Crippen LogP contribution < -0.4 is 5.73 Å². The highest BCUT2D eigenvalue weighted by Crippen LogP contribution is 2.14. The molecule has 0 heterocycles. The Morgan fingerprint density at radius 2 is 1.76 bits per heavy atom. The number of hydrogen-bond acceptors (Lipinski definition) is 4. The highest BCUT2D eigenvalue weighted by Gasteiger charge is 2.23. The first-order valence-corrected chi connectivity index (χ1v) is 8.74. The predicted octanol–water partition coefficient (Wildman–Crippen LogP) is 1.58. The molecule has 0 atom stereocenters. The monoisotopic (exact) mass is 314 g/mol. The van der Waals surface area contributed by atoms with Crippen molar-refractivity contribution in [2.75, 3.05) is 26.8 Å². The van der Waals surface area contributed by atoms with Crippen LogP contribution in [0.2, 0.25) is 0 Å². The second kappa shape index (κ2) is 8.48. The van der Waals surface area contributed by atoms with Crippen molar-refractivity contribution in [2.45, 2.75) is 26.1 Å². The fraction of sp³-hybridized carbons (Fsp3) is 0.600. The van der Waals surface area contributed by atoms with Gasteiger partial charge in [-0.3, -0.25) is 0 Å². The number of rotatable bonds is 9. The molecular weight excluding hydrogens is 288 g/mol. The first-order valence-electron chi connectivity index (χ1n) is 7.13. The van der Waals surface area contributed by atoms with Gasteiger partial charge in [0.05, 0.1) is 12.4 Å². The van der Waals surface area contributed by atoms with Crippen LogP contribution in [-0.4, -0.2) is 39.5 Å². The molecule has 5 nitrogen and oxygen atoms in total. The molecular formula is C15H26N2O3S. The Morgan fingerprint density at radius 1 is 1.19 bits per heavy atom. The summed E-state index contributed by atoms with van der Waals surface area (Å²) in [4.78, 5) is 0. The summed E-state index contributed by atoms with van der Waals surface area (Å²) in [6, 6.07) is 7.38. The van der Waals surface area contributed by atoms with Crippen molar-refractivity contribution in [3.05, 3.63) is 35.4 Å². The van der Waals surface area contributed by atoms with Gasteiger partial charge in [-0.05, 0) is 17.0 Å². The zero-order chi connectivity index (χ0) is 15.9. The van der Waals surface area contributed by atoms with Gasteiger partial charge < -0.3 is 10.5 Å². The molecule has 0 saturated heterocycles. The molecule has 0 radical (unpaired) electrons. The topological polar surface area (TPSA) is 72.6 Å². The van der Waals surface area contributed by atoms with E-state index in [1.165, 1.54) is 4.31 Å². The molecule has 0 aliphatic heterocycles. The normalized spacial score (nSPS) is 12.3. The average molecular weight is 314 g/mol. The van der Waals surface area contributed by atoms with E-state index in [0.717, 1.165) is 11.1 Å². The van der Waals surface area contributed by atoms with Gasteiger partial charge in [0.25, 0.3) is 0 Å². The third kappa shape index (κ3) is 6.13. The van der Waals surface area contributed by atoms with Crippen molar-refractivity contribution in [1.82, 2.24) is 4.31 Å². The van der Waals surface area contributed by atoms with Crippen molar-refractivity contribution < 1.29 is 13.2 Å². The summed E-state index contributed by atoms with van der Waals surface area (Å²) < 4.78 is 31.6. The van der Waals surface area contributed by atoms with Gasteiger partial charge in [-0.15, -0.1) is 0 Å². The van der Waals surface area contributed by atoms with Crippen LogP contribution in [0.15, 0.2) is 24.3 Å². The van der Waals surface area contributed by atoms with Crippen molar-refractivity contribution in [3.63, 3.8) is 0 Å². The summed E-state index contributed by atoms with van der Waals surface area (Å²) >= 11 is 0. The molecule has 1 aromatic carbocycles. The third-order valence-corrected chi connectivity index (χ3v) is 4.93. The lowest BCUT2D eigenvalue weighted by Gasteiger charge is -2.23.